The molecule has 11 heavy (non-hydrogen) atoms. The summed E-state index contributed by atoms with van der Waals surface area (Å²) >= 11 is 0. The van der Waals surface area contributed by atoms with Crippen molar-refractivity contribution in [3.05, 3.63) is 35.8 Å². The Hall–Kier alpha value is -1.24. The average Bonchev–Trinajstić information content (AvgIpc) is 2.45. The summed E-state index contributed by atoms with van der Waals surface area (Å²) in [5.41, 5.74) is 2.63. The largest absolute Gasteiger partial charge is 0.471 e. The third-order valence-corrected chi connectivity index (χ3v) is 2.20. The lowest BCUT2D eigenvalue weighted by Crippen LogP contribution is -1.78. The molecule has 0 aliphatic heterocycles. The van der Waals surface area contributed by atoms with Gasteiger partial charge in [0.25, 0.3) is 0 Å². The second kappa shape index (κ2) is 2.12. The van der Waals surface area contributed by atoms with E-state index in [1.165, 1.54) is 21.9 Å². The Labute approximate surface area is 65.6 Å². The third-order valence-electron chi connectivity index (χ3n) is 2.20. The highest BCUT2D eigenvalue weighted by atomic mass is 16.3. The number of hydrogen-bond donors (Lipinski definition) is 0. The normalized spacial score (nSPS) is 10.7. The Morgan fingerprint density at radius 3 is 2.73 bits per heavy atom. The molecule has 0 aliphatic rings. The van der Waals surface area contributed by atoms with Crippen molar-refractivity contribution in [1.82, 2.24) is 0 Å². The fraction of sp³-hybridized carbons (Fsp3) is 0.200. The number of aryl methyl sites for hydroxylation is 2. The van der Waals surface area contributed by atoms with Crippen LogP contribution in [0.25, 0.3) is 10.8 Å². The van der Waals surface area contributed by atoms with E-state index in [1.54, 1.807) is 12.5 Å². The standard InChI is InChI=1S/C10H10O/c1-7-3-4-9-5-11-6-10(9)8(7)2/h3-6H,1-2H3. The molecule has 0 saturated carbocycles. The van der Waals surface area contributed by atoms with E-state index in [0.29, 0.717) is 0 Å². The van der Waals surface area contributed by atoms with Gasteiger partial charge >= 0.3 is 0 Å². The van der Waals surface area contributed by atoms with Crippen LogP contribution in [0.2, 0.25) is 0 Å². The van der Waals surface area contributed by atoms with Gasteiger partial charge in [-0.15, -0.1) is 0 Å². The van der Waals surface area contributed by atoms with Crippen LogP contribution in [0.3, 0.4) is 0 Å². The van der Waals surface area contributed by atoms with Crippen molar-refractivity contribution in [3.63, 3.8) is 0 Å². The fourth-order valence-electron chi connectivity index (χ4n) is 1.29. The number of furan rings is 1. The second-order valence-electron chi connectivity index (χ2n) is 2.88. The van der Waals surface area contributed by atoms with Crippen molar-refractivity contribution in [1.29, 1.82) is 0 Å². The summed E-state index contributed by atoms with van der Waals surface area (Å²) in [6, 6.07) is 4.20. The van der Waals surface area contributed by atoms with E-state index in [9.17, 15) is 0 Å². The fourth-order valence-corrected chi connectivity index (χ4v) is 1.29. The maximum atomic E-state index is 5.10. The van der Waals surface area contributed by atoms with Crippen LogP contribution in [0.4, 0.5) is 0 Å². The number of hydrogen-bond acceptors (Lipinski definition) is 1. The highest BCUT2D eigenvalue weighted by Gasteiger charge is 2.00. The van der Waals surface area contributed by atoms with Crippen LogP contribution in [-0.2, 0) is 0 Å². The minimum absolute atomic E-state index is 1.19. The smallest absolute Gasteiger partial charge is 0.0984 e. The summed E-state index contributed by atoms with van der Waals surface area (Å²) in [5.74, 6) is 0. The van der Waals surface area contributed by atoms with Gasteiger partial charge in [-0.1, -0.05) is 12.1 Å². The molecule has 0 unspecified atom stereocenters. The summed E-state index contributed by atoms with van der Waals surface area (Å²) < 4.78 is 5.10. The van der Waals surface area contributed by atoms with E-state index in [-0.39, 0.29) is 0 Å². The van der Waals surface area contributed by atoms with Crippen molar-refractivity contribution >= 4 is 10.8 Å². The van der Waals surface area contributed by atoms with Crippen molar-refractivity contribution in [2.75, 3.05) is 0 Å². The summed E-state index contributed by atoms with van der Waals surface area (Å²) in [5, 5.41) is 2.41. The van der Waals surface area contributed by atoms with Crippen molar-refractivity contribution in [2.45, 2.75) is 13.8 Å². The van der Waals surface area contributed by atoms with E-state index in [0.717, 1.165) is 0 Å². The van der Waals surface area contributed by atoms with Crippen LogP contribution >= 0.6 is 0 Å². The molecule has 1 aromatic carbocycles. The lowest BCUT2D eigenvalue weighted by Gasteiger charge is -1.98. The van der Waals surface area contributed by atoms with E-state index >= 15 is 0 Å². The van der Waals surface area contributed by atoms with Gasteiger partial charge in [-0.05, 0) is 25.0 Å². The molecule has 0 spiro atoms. The molecule has 56 valence electrons. The first kappa shape index (κ1) is 6.47. The predicted octanol–water partition coefficient (Wildman–Crippen LogP) is 3.05. The average molecular weight is 146 g/mol. The van der Waals surface area contributed by atoms with Gasteiger partial charge in [0.1, 0.15) is 0 Å². The van der Waals surface area contributed by atoms with Crippen molar-refractivity contribution < 1.29 is 4.42 Å². The third kappa shape index (κ3) is 0.845. The maximum Gasteiger partial charge on any atom is 0.0984 e. The van der Waals surface area contributed by atoms with Crippen molar-refractivity contribution in [3.8, 4) is 0 Å². The van der Waals surface area contributed by atoms with E-state index in [2.05, 4.69) is 26.0 Å². The molecule has 1 aromatic heterocycles. The maximum absolute atomic E-state index is 5.10. The minimum Gasteiger partial charge on any atom is -0.471 e. The van der Waals surface area contributed by atoms with Crippen LogP contribution in [0.5, 0.6) is 0 Å². The van der Waals surface area contributed by atoms with Crippen molar-refractivity contribution in [2.24, 2.45) is 0 Å². The van der Waals surface area contributed by atoms with Gasteiger partial charge in [-0.2, -0.15) is 0 Å². The lowest BCUT2D eigenvalue weighted by atomic mass is 10.1. The molecule has 0 atom stereocenters. The van der Waals surface area contributed by atoms with Crippen LogP contribution in [0.15, 0.2) is 29.1 Å². The Bertz CT molecular complexity index is 385. The number of benzene rings is 1. The van der Waals surface area contributed by atoms with E-state index < -0.39 is 0 Å². The van der Waals surface area contributed by atoms with Gasteiger partial charge in [0, 0.05) is 10.8 Å². The molecule has 0 aliphatic carbocycles. The zero-order chi connectivity index (χ0) is 7.84. The summed E-state index contributed by atoms with van der Waals surface area (Å²) in [4.78, 5) is 0. The molecule has 2 rings (SSSR count). The monoisotopic (exact) mass is 146 g/mol. The van der Waals surface area contributed by atoms with Crippen LogP contribution in [-0.4, -0.2) is 0 Å². The molecule has 0 bridgehead atoms. The van der Waals surface area contributed by atoms with Crippen LogP contribution in [0, 0.1) is 13.8 Å². The first-order chi connectivity index (χ1) is 5.29. The Kier molecular flexibility index (Phi) is 1.25. The van der Waals surface area contributed by atoms with Crippen LogP contribution in [0.1, 0.15) is 11.1 Å². The molecule has 1 heteroatoms. The highest BCUT2D eigenvalue weighted by Crippen LogP contribution is 2.21. The van der Waals surface area contributed by atoms with E-state index in [1.807, 2.05) is 0 Å². The molecule has 0 fully saturated rings. The second-order valence-corrected chi connectivity index (χ2v) is 2.88. The molecule has 1 nitrogen and oxygen atoms in total. The molecule has 0 saturated heterocycles. The topological polar surface area (TPSA) is 13.1 Å². The zero-order valence-electron chi connectivity index (χ0n) is 6.72. The molecular weight excluding hydrogens is 136 g/mol. The first-order valence-corrected chi connectivity index (χ1v) is 3.71. The van der Waals surface area contributed by atoms with Gasteiger partial charge in [0.2, 0.25) is 0 Å². The highest BCUT2D eigenvalue weighted by molar-refractivity contribution is 5.85. The summed E-state index contributed by atoms with van der Waals surface area (Å²) in [6.45, 7) is 4.23. The van der Waals surface area contributed by atoms with Gasteiger partial charge in [0.15, 0.2) is 0 Å². The minimum atomic E-state index is 1.19. The van der Waals surface area contributed by atoms with Gasteiger partial charge in [-0.3, -0.25) is 0 Å². The van der Waals surface area contributed by atoms with Gasteiger partial charge in [0.05, 0.1) is 12.5 Å². The predicted molar refractivity (Wildman–Crippen MR) is 45.7 cm³/mol. The first-order valence-electron chi connectivity index (χ1n) is 3.71. The molecule has 2 aromatic rings. The Balaban J connectivity index is 2.93. The summed E-state index contributed by atoms with van der Waals surface area (Å²) in [7, 11) is 0. The summed E-state index contributed by atoms with van der Waals surface area (Å²) in [6.07, 6.45) is 3.58. The Morgan fingerprint density at radius 2 is 1.91 bits per heavy atom. The lowest BCUT2D eigenvalue weighted by molar-refractivity contribution is 0.572. The van der Waals surface area contributed by atoms with Gasteiger partial charge < -0.3 is 4.42 Å². The van der Waals surface area contributed by atoms with Gasteiger partial charge in [-0.25, -0.2) is 0 Å². The quantitative estimate of drug-likeness (QED) is 0.556. The SMILES string of the molecule is Cc1ccc2cocc2c1C. The molecule has 1 heterocycles. The number of fused-ring (bicyclic) bond motifs is 1. The number of rotatable bonds is 0. The van der Waals surface area contributed by atoms with Crippen LogP contribution < -0.4 is 0 Å². The zero-order valence-corrected chi connectivity index (χ0v) is 6.72. The Morgan fingerprint density at radius 1 is 1.09 bits per heavy atom. The molecule has 0 radical (unpaired) electrons. The molecule has 0 amide bonds. The molecular formula is C10H10O. The molecule has 0 N–H and O–H groups in total. The van der Waals surface area contributed by atoms with E-state index in [4.69, 9.17) is 4.42 Å².